The summed E-state index contributed by atoms with van der Waals surface area (Å²) in [5.41, 5.74) is 1.01. The van der Waals surface area contributed by atoms with Gasteiger partial charge in [-0.05, 0) is 49.1 Å². The zero-order chi connectivity index (χ0) is 19.8. The molecule has 1 aliphatic heterocycles. The summed E-state index contributed by atoms with van der Waals surface area (Å²) in [6, 6.07) is 8.97. The van der Waals surface area contributed by atoms with E-state index in [0.717, 1.165) is 25.0 Å². The highest BCUT2D eigenvalue weighted by molar-refractivity contribution is 6.35. The van der Waals surface area contributed by atoms with E-state index < -0.39 is 0 Å². The summed E-state index contributed by atoms with van der Waals surface area (Å²) in [6.45, 7) is 2.33. The number of carbonyl (C=O) groups excluding carboxylic acids is 1. The smallest absolute Gasteiger partial charge is 0.223 e. The molecule has 0 aliphatic carbocycles. The average molecular weight is 423 g/mol. The number of halogens is 2. The van der Waals surface area contributed by atoms with Crippen molar-refractivity contribution >= 4 is 29.1 Å². The van der Waals surface area contributed by atoms with Gasteiger partial charge in [-0.3, -0.25) is 9.78 Å². The molecule has 28 heavy (non-hydrogen) atoms. The lowest BCUT2D eigenvalue weighted by Crippen LogP contribution is -2.37. The van der Waals surface area contributed by atoms with Crippen molar-refractivity contribution in [2.45, 2.75) is 38.3 Å². The van der Waals surface area contributed by atoms with E-state index in [1.54, 1.807) is 30.6 Å². The Hall–Kier alpha value is -1.82. The first-order valence-electron chi connectivity index (χ1n) is 9.48. The number of rotatable bonds is 9. The molecule has 7 heteroatoms. The second-order valence-electron chi connectivity index (χ2n) is 6.80. The molecule has 1 fully saturated rings. The van der Waals surface area contributed by atoms with Gasteiger partial charge in [-0.25, -0.2) is 0 Å². The van der Waals surface area contributed by atoms with E-state index in [0.29, 0.717) is 48.3 Å². The van der Waals surface area contributed by atoms with Crippen molar-refractivity contribution in [1.82, 2.24) is 9.88 Å². The van der Waals surface area contributed by atoms with Gasteiger partial charge in [0, 0.05) is 43.5 Å². The maximum Gasteiger partial charge on any atom is 0.223 e. The van der Waals surface area contributed by atoms with Crippen LogP contribution in [0.25, 0.3) is 0 Å². The Labute approximate surface area is 175 Å². The van der Waals surface area contributed by atoms with E-state index in [1.807, 2.05) is 17.0 Å². The van der Waals surface area contributed by atoms with Gasteiger partial charge in [-0.1, -0.05) is 29.3 Å². The van der Waals surface area contributed by atoms with Crippen LogP contribution in [0.3, 0.4) is 0 Å². The van der Waals surface area contributed by atoms with Crippen molar-refractivity contribution < 1.29 is 14.3 Å². The lowest BCUT2D eigenvalue weighted by atomic mass is 10.2. The van der Waals surface area contributed by atoms with E-state index in [1.165, 1.54) is 0 Å². The van der Waals surface area contributed by atoms with Crippen molar-refractivity contribution in [2.75, 3.05) is 19.8 Å². The summed E-state index contributed by atoms with van der Waals surface area (Å²) in [7, 11) is 0. The Kier molecular flexibility index (Phi) is 7.95. The quantitative estimate of drug-likeness (QED) is 0.546. The molecule has 1 aliphatic rings. The highest BCUT2D eigenvalue weighted by atomic mass is 35.5. The van der Waals surface area contributed by atoms with Crippen molar-refractivity contribution in [3.63, 3.8) is 0 Å². The Morgan fingerprint density at radius 3 is 2.93 bits per heavy atom. The van der Waals surface area contributed by atoms with E-state index >= 15 is 0 Å². The number of ether oxygens (including phenoxy) is 2. The van der Waals surface area contributed by atoms with Crippen LogP contribution >= 0.6 is 23.2 Å². The van der Waals surface area contributed by atoms with Crippen molar-refractivity contribution in [2.24, 2.45) is 0 Å². The SMILES string of the molecule is O=C(CCCOc1ccc(Cl)cc1Cl)N(Cc1cccnc1)CC1CCCO1. The van der Waals surface area contributed by atoms with Gasteiger partial charge < -0.3 is 14.4 Å². The minimum Gasteiger partial charge on any atom is -0.492 e. The van der Waals surface area contributed by atoms with Crippen molar-refractivity contribution in [3.05, 3.63) is 58.3 Å². The Bertz CT molecular complexity index is 768. The molecule has 0 N–H and O–H groups in total. The van der Waals surface area contributed by atoms with Gasteiger partial charge in [0.1, 0.15) is 5.75 Å². The fraction of sp³-hybridized carbons (Fsp3) is 0.429. The largest absolute Gasteiger partial charge is 0.492 e. The van der Waals surface area contributed by atoms with Gasteiger partial charge in [0.05, 0.1) is 17.7 Å². The van der Waals surface area contributed by atoms with Gasteiger partial charge in [-0.2, -0.15) is 0 Å². The fourth-order valence-electron chi connectivity index (χ4n) is 3.16. The molecule has 5 nitrogen and oxygen atoms in total. The molecule has 0 bridgehead atoms. The number of benzene rings is 1. The van der Waals surface area contributed by atoms with Crippen LogP contribution in [0.4, 0.5) is 0 Å². The average Bonchev–Trinajstić information content (AvgIpc) is 3.20. The number of carbonyl (C=O) groups is 1. The lowest BCUT2D eigenvalue weighted by Gasteiger charge is -2.25. The van der Waals surface area contributed by atoms with E-state index in [2.05, 4.69) is 4.98 Å². The molecule has 1 unspecified atom stereocenters. The van der Waals surface area contributed by atoms with Crippen LogP contribution < -0.4 is 4.74 Å². The summed E-state index contributed by atoms with van der Waals surface area (Å²) < 4.78 is 11.4. The Morgan fingerprint density at radius 1 is 1.32 bits per heavy atom. The normalized spacial score (nSPS) is 16.1. The van der Waals surface area contributed by atoms with Gasteiger partial charge in [0.15, 0.2) is 0 Å². The van der Waals surface area contributed by atoms with E-state index in [-0.39, 0.29) is 12.0 Å². The van der Waals surface area contributed by atoms with E-state index in [9.17, 15) is 4.79 Å². The van der Waals surface area contributed by atoms with Gasteiger partial charge >= 0.3 is 0 Å². The molecule has 2 heterocycles. The summed E-state index contributed by atoms with van der Waals surface area (Å²) in [5, 5.41) is 1.03. The molecule has 1 aromatic heterocycles. The maximum absolute atomic E-state index is 12.8. The monoisotopic (exact) mass is 422 g/mol. The predicted octanol–water partition coefficient (Wildman–Crippen LogP) is 4.76. The first-order valence-corrected chi connectivity index (χ1v) is 10.2. The third kappa shape index (κ3) is 6.36. The third-order valence-corrected chi connectivity index (χ3v) is 5.11. The fourth-order valence-corrected chi connectivity index (χ4v) is 3.62. The van der Waals surface area contributed by atoms with Crippen LogP contribution in [0.1, 0.15) is 31.2 Å². The summed E-state index contributed by atoms with van der Waals surface area (Å²) >= 11 is 12.0. The second-order valence-corrected chi connectivity index (χ2v) is 7.64. The van der Waals surface area contributed by atoms with Crippen LogP contribution in [-0.4, -0.2) is 41.7 Å². The van der Waals surface area contributed by atoms with Crippen LogP contribution in [-0.2, 0) is 16.1 Å². The molecular formula is C21H24Cl2N2O3. The highest BCUT2D eigenvalue weighted by Crippen LogP contribution is 2.27. The number of hydrogen-bond acceptors (Lipinski definition) is 4. The van der Waals surface area contributed by atoms with Crippen molar-refractivity contribution in [3.8, 4) is 5.75 Å². The number of nitrogens with zero attached hydrogens (tertiary/aromatic N) is 2. The Morgan fingerprint density at radius 2 is 2.21 bits per heavy atom. The third-order valence-electron chi connectivity index (χ3n) is 4.58. The van der Waals surface area contributed by atoms with Crippen LogP contribution in [0.2, 0.25) is 10.0 Å². The topological polar surface area (TPSA) is 51.7 Å². The van der Waals surface area contributed by atoms with Gasteiger partial charge in [-0.15, -0.1) is 0 Å². The lowest BCUT2D eigenvalue weighted by molar-refractivity contribution is -0.133. The van der Waals surface area contributed by atoms with Crippen molar-refractivity contribution in [1.29, 1.82) is 0 Å². The molecule has 1 aromatic carbocycles. The zero-order valence-corrected chi connectivity index (χ0v) is 17.2. The number of amides is 1. The van der Waals surface area contributed by atoms with Gasteiger partial charge in [0.25, 0.3) is 0 Å². The summed E-state index contributed by atoms with van der Waals surface area (Å²) in [5.74, 6) is 0.662. The molecular weight excluding hydrogens is 399 g/mol. The summed E-state index contributed by atoms with van der Waals surface area (Å²) in [4.78, 5) is 18.8. The molecule has 1 saturated heterocycles. The standard InChI is InChI=1S/C21H24Cl2N2O3/c22-17-7-8-20(19(23)12-17)28-11-3-6-21(26)25(15-18-5-2-10-27-18)14-16-4-1-9-24-13-16/h1,4,7-9,12-13,18H,2-3,5-6,10-11,14-15H2. The zero-order valence-electron chi connectivity index (χ0n) is 15.7. The van der Waals surface area contributed by atoms with Gasteiger partial charge in [0.2, 0.25) is 5.91 Å². The first-order chi connectivity index (χ1) is 13.6. The molecule has 0 radical (unpaired) electrons. The van der Waals surface area contributed by atoms with Crippen LogP contribution in [0, 0.1) is 0 Å². The number of aromatic nitrogens is 1. The number of pyridine rings is 1. The summed E-state index contributed by atoms with van der Waals surface area (Å²) in [6.07, 6.45) is 6.69. The molecule has 1 amide bonds. The molecule has 2 aromatic rings. The second kappa shape index (κ2) is 10.6. The minimum atomic E-state index is 0.0881. The molecule has 3 rings (SSSR count). The van der Waals surface area contributed by atoms with Crippen LogP contribution in [0.15, 0.2) is 42.7 Å². The predicted molar refractivity (Wildman–Crippen MR) is 110 cm³/mol. The van der Waals surface area contributed by atoms with E-state index in [4.69, 9.17) is 32.7 Å². The molecule has 0 spiro atoms. The molecule has 1 atom stereocenters. The van der Waals surface area contributed by atoms with Crippen LogP contribution in [0.5, 0.6) is 5.75 Å². The Balaban J connectivity index is 1.51. The highest BCUT2D eigenvalue weighted by Gasteiger charge is 2.22. The minimum absolute atomic E-state index is 0.0881. The maximum atomic E-state index is 12.8. The molecule has 150 valence electrons. The first kappa shape index (κ1) is 20.9. The molecule has 0 saturated carbocycles. The number of hydrogen-bond donors (Lipinski definition) is 0.